The lowest BCUT2D eigenvalue weighted by molar-refractivity contribution is 0.673. The average Bonchev–Trinajstić information content (AvgIpc) is 3.57. The van der Waals surface area contributed by atoms with Gasteiger partial charge in [0.05, 0.1) is 16.7 Å². The molecule has 3 heterocycles. The molecule has 0 bridgehead atoms. The van der Waals surface area contributed by atoms with E-state index in [4.69, 9.17) is 14.4 Å². The van der Waals surface area contributed by atoms with Crippen molar-refractivity contribution in [1.29, 1.82) is 0 Å². The van der Waals surface area contributed by atoms with E-state index in [1.165, 1.54) is 16.7 Å². The Balaban J connectivity index is 1.15. The molecule has 1 atom stereocenters. The Morgan fingerprint density at radius 1 is 0.531 bits per heavy atom. The van der Waals surface area contributed by atoms with Gasteiger partial charge in [-0.1, -0.05) is 133 Å². The zero-order chi connectivity index (χ0) is 32.3. The van der Waals surface area contributed by atoms with E-state index in [0.29, 0.717) is 0 Å². The molecular formula is C46H30N2O. The minimum Gasteiger partial charge on any atom is -0.455 e. The molecule has 0 radical (unpaired) electrons. The largest absolute Gasteiger partial charge is 0.455 e. The van der Waals surface area contributed by atoms with Gasteiger partial charge < -0.3 is 4.42 Å². The lowest BCUT2D eigenvalue weighted by atomic mass is 9.92. The zero-order valence-corrected chi connectivity index (χ0v) is 26.7. The van der Waals surface area contributed by atoms with Crippen molar-refractivity contribution in [2.75, 3.05) is 0 Å². The standard InChI is InChI=1S/C46H30N2O/c1-3-11-29(12-4-1)35-19-10-20-42-43(35)39-28-38(36-17-7-8-18-37(36)46(39)49-42)33-15-9-16-34(27-33)41-26-24-32-22-21-31-23-25-40(30-13-5-2-6-14-30)47-44(31)45(32)48-41/h1-13,15-28,30H,14H2. The van der Waals surface area contributed by atoms with E-state index in [9.17, 15) is 0 Å². The van der Waals surface area contributed by atoms with Gasteiger partial charge in [-0.2, -0.15) is 0 Å². The summed E-state index contributed by atoms with van der Waals surface area (Å²) in [5, 5.41) is 6.72. The molecule has 10 rings (SSSR count). The Labute approximate surface area is 283 Å². The van der Waals surface area contributed by atoms with Gasteiger partial charge in [0.2, 0.25) is 0 Å². The number of rotatable bonds is 4. The van der Waals surface area contributed by atoms with Crippen molar-refractivity contribution in [2.45, 2.75) is 12.3 Å². The molecule has 0 saturated carbocycles. The number of nitrogens with zero attached hydrogens (tertiary/aromatic N) is 2. The van der Waals surface area contributed by atoms with Crippen molar-refractivity contribution in [3.8, 4) is 33.5 Å². The van der Waals surface area contributed by atoms with Crippen LogP contribution < -0.4 is 0 Å². The van der Waals surface area contributed by atoms with Crippen LogP contribution in [0.2, 0.25) is 0 Å². The minimum atomic E-state index is 0.285. The Hall–Kier alpha value is -6.32. The molecule has 1 aliphatic rings. The summed E-state index contributed by atoms with van der Waals surface area (Å²) in [6.45, 7) is 0. The maximum Gasteiger partial charge on any atom is 0.143 e. The maximum absolute atomic E-state index is 6.61. The SMILES string of the molecule is C1=CCC(c2ccc3ccc4ccc(-c5cccc(-c6cc7c(oc8cccc(-c9ccccc9)c87)c7ccccc67)c5)nc4c3n2)C=C1. The molecule has 49 heavy (non-hydrogen) atoms. The molecule has 0 aliphatic heterocycles. The first kappa shape index (κ1) is 27.8. The van der Waals surface area contributed by atoms with Gasteiger partial charge in [0, 0.05) is 44.1 Å². The fourth-order valence-corrected chi connectivity index (χ4v) is 7.54. The van der Waals surface area contributed by atoms with Gasteiger partial charge in [0.25, 0.3) is 0 Å². The first-order chi connectivity index (χ1) is 24.3. The van der Waals surface area contributed by atoms with E-state index in [2.05, 4.69) is 164 Å². The van der Waals surface area contributed by atoms with E-state index in [1.54, 1.807) is 0 Å². The van der Waals surface area contributed by atoms with E-state index in [0.717, 1.165) is 83.5 Å². The number of fused-ring (bicyclic) bond motifs is 8. The Morgan fingerprint density at radius 3 is 2.12 bits per heavy atom. The summed E-state index contributed by atoms with van der Waals surface area (Å²) in [6, 6.07) is 49.5. The van der Waals surface area contributed by atoms with Crippen molar-refractivity contribution >= 4 is 54.5 Å². The zero-order valence-electron chi connectivity index (χ0n) is 26.7. The summed E-state index contributed by atoms with van der Waals surface area (Å²) in [6.07, 6.45) is 9.63. The van der Waals surface area contributed by atoms with Crippen molar-refractivity contribution < 1.29 is 4.42 Å². The summed E-state index contributed by atoms with van der Waals surface area (Å²) >= 11 is 0. The summed E-state index contributed by atoms with van der Waals surface area (Å²) in [4.78, 5) is 10.5. The smallest absolute Gasteiger partial charge is 0.143 e. The van der Waals surface area contributed by atoms with Crippen molar-refractivity contribution in [1.82, 2.24) is 9.97 Å². The van der Waals surface area contributed by atoms with Gasteiger partial charge in [0.1, 0.15) is 11.2 Å². The molecule has 0 fully saturated rings. The third-order valence-electron chi connectivity index (χ3n) is 9.96. The minimum absolute atomic E-state index is 0.285. The predicted molar refractivity (Wildman–Crippen MR) is 204 cm³/mol. The average molecular weight is 627 g/mol. The molecule has 6 aromatic carbocycles. The number of pyridine rings is 2. The van der Waals surface area contributed by atoms with Crippen molar-refractivity contribution in [3.63, 3.8) is 0 Å². The summed E-state index contributed by atoms with van der Waals surface area (Å²) < 4.78 is 6.61. The fourth-order valence-electron chi connectivity index (χ4n) is 7.54. The van der Waals surface area contributed by atoms with Crippen LogP contribution in [0.3, 0.4) is 0 Å². The lowest BCUT2D eigenvalue weighted by Crippen LogP contribution is -2.00. The molecule has 3 heteroatoms. The molecule has 3 aromatic heterocycles. The highest BCUT2D eigenvalue weighted by Crippen LogP contribution is 2.43. The van der Waals surface area contributed by atoms with Gasteiger partial charge in [0.15, 0.2) is 0 Å². The van der Waals surface area contributed by atoms with Crippen LogP contribution in [0, 0.1) is 0 Å². The van der Waals surface area contributed by atoms with E-state index < -0.39 is 0 Å². The second-order valence-electron chi connectivity index (χ2n) is 12.9. The normalized spacial score (nSPS) is 14.5. The highest BCUT2D eigenvalue weighted by molar-refractivity contribution is 6.22. The number of aromatic nitrogens is 2. The molecule has 0 amide bonds. The summed E-state index contributed by atoms with van der Waals surface area (Å²) in [5.74, 6) is 0.285. The van der Waals surface area contributed by atoms with Crippen LogP contribution in [-0.4, -0.2) is 9.97 Å². The number of hydrogen-bond acceptors (Lipinski definition) is 3. The molecule has 9 aromatic rings. The third-order valence-corrected chi connectivity index (χ3v) is 9.96. The number of furan rings is 1. The quantitative estimate of drug-likeness (QED) is 0.182. The first-order valence-corrected chi connectivity index (χ1v) is 16.9. The third kappa shape index (κ3) is 4.58. The summed E-state index contributed by atoms with van der Waals surface area (Å²) in [7, 11) is 0. The van der Waals surface area contributed by atoms with Gasteiger partial charge >= 0.3 is 0 Å². The van der Waals surface area contributed by atoms with E-state index >= 15 is 0 Å². The Kier molecular flexibility index (Phi) is 6.31. The van der Waals surface area contributed by atoms with Crippen LogP contribution >= 0.6 is 0 Å². The van der Waals surface area contributed by atoms with Crippen molar-refractivity contribution in [3.05, 3.63) is 170 Å². The van der Waals surface area contributed by atoms with Gasteiger partial charge in [-0.15, -0.1) is 0 Å². The van der Waals surface area contributed by atoms with Crippen LogP contribution in [0.4, 0.5) is 0 Å². The van der Waals surface area contributed by atoms with Crippen LogP contribution in [0.1, 0.15) is 18.0 Å². The highest BCUT2D eigenvalue weighted by atomic mass is 16.3. The van der Waals surface area contributed by atoms with Crippen molar-refractivity contribution in [2.24, 2.45) is 0 Å². The number of benzene rings is 6. The Morgan fingerprint density at radius 2 is 1.27 bits per heavy atom. The first-order valence-electron chi connectivity index (χ1n) is 16.9. The second kappa shape index (κ2) is 11.1. The Bertz CT molecular complexity index is 2810. The van der Waals surface area contributed by atoms with Crippen LogP contribution in [0.25, 0.3) is 88.0 Å². The molecule has 0 spiro atoms. The van der Waals surface area contributed by atoms with Gasteiger partial charge in [-0.05, 0) is 64.4 Å². The predicted octanol–water partition coefficient (Wildman–Crippen LogP) is 12.4. The lowest BCUT2D eigenvalue weighted by Gasteiger charge is -2.14. The highest BCUT2D eigenvalue weighted by Gasteiger charge is 2.18. The molecule has 3 nitrogen and oxygen atoms in total. The van der Waals surface area contributed by atoms with Gasteiger partial charge in [-0.3, -0.25) is 0 Å². The topological polar surface area (TPSA) is 38.9 Å². The molecule has 1 aliphatic carbocycles. The monoisotopic (exact) mass is 626 g/mol. The van der Waals surface area contributed by atoms with Gasteiger partial charge in [-0.25, -0.2) is 9.97 Å². The maximum atomic E-state index is 6.61. The van der Waals surface area contributed by atoms with E-state index in [-0.39, 0.29) is 5.92 Å². The van der Waals surface area contributed by atoms with Crippen LogP contribution in [0.15, 0.2) is 168 Å². The molecule has 0 saturated heterocycles. The fraction of sp³-hybridized carbons (Fsp3) is 0.0435. The number of allylic oxidation sites excluding steroid dienone is 4. The number of hydrogen-bond donors (Lipinski definition) is 0. The molecule has 1 unspecified atom stereocenters. The second-order valence-corrected chi connectivity index (χ2v) is 12.9. The molecule has 0 N–H and O–H groups in total. The molecular weight excluding hydrogens is 597 g/mol. The van der Waals surface area contributed by atoms with Crippen LogP contribution in [-0.2, 0) is 0 Å². The summed E-state index contributed by atoms with van der Waals surface area (Å²) in [5.41, 5.74) is 11.4. The van der Waals surface area contributed by atoms with E-state index in [1.807, 2.05) is 0 Å². The molecule has 230 valence electrons. The van der Waals surface area contributed by atoms with Crippen LogP contribution in [0.5, 0.6) is 0 Å².